The Kier molecular flexibility index (Phi) is 3.40. The predicted molar refractivity (Wildman–Crippen MR) is 25.2 cm³/mol. The molecule has 0 aliphatic carbocycles. The third kappa shape index (κ3) is 2.10. The number of halogens is 2. The van der Waals surface area contributed by atoms with Crippen molar-refractivity contribution in [1.29, 1.82) is 0 Å². The van der Waals surface area contributed by atoms with Gasteiger partial charge in [-0.25, -0.2) is 4.39 Å². The quantitative estimate of drug-likeness (QED) is 0.413. The molecule has 0 saturated heterocycles. The van der Waals surface area contributed by atoms with Gasteiger partial charge < -0.3 is 0 Å². The molecular formula is C6H3F2Ni-. The summed E-state index contributed by atoms with van der Waals surface area (Å²) in [5, 5.41) is 0. The second kappa shape index (κ2) is 3.57. The minimum absolute atomic E-state index is 0. The van der Waals surface area contributed by atoms with Gasteiger partial charge in [0.25, 0.3) is 0 Å². The van der Waals surface area contributed by atoms with Crippen LogP contribution in [0.1, 0.15) is 0 Å². The summed E-state index contributed by atoms with van der Waals surface area (Å²) < 4.78 is 23.8. The topological polar surface area (TPSA) is 0 Å². The van der Waals surface area contributed by atoms with Gasteiger partial charge in [-0.05, 0) is 0 Å². The van der Waals surface area contributed by atoms with E-state index in [4.69, 9.17) is 0 Å². The maximum Gasteiger partial charge on any atom is 0.0494 e. The third-order valence-electron chi connectivity index (χ3n) is 0.764. The first-order chi connectivity index (χ1) is 3.80. The molecule has 0 fully saturated rings. The summed E-state index contributed by atoms with van der Waals surface area (Å²) in [7, 11) is 0. The Morgan fingerprint density at radius 3 is 2.22 bits per heavy atom. The molecule has 1 aromatic carbocycles. The van der Waals surface area contributed by atoms with Gasteiger partial charge in [-0.15, -0.1) is 12.1 Å². The Hall–Kier alpha value is -0.426. The fourth-order valence-corrected chi connectivity index (χ4v) is 0.391. The van der Waals surface area contributed by atoms with E-state index >= 15 is 0 Å². The average Bonchev–Trinajstić information content (AvgIpc) is 1.77. The normalized spacial score (nSPS) is 8.22. The van der Waals surface area contributed by atoms with Gasteiger partial charge in [-0.1, -0.05) is 0 Å². The van der Waals surface area contributed by atoms with E-state index in [1.54, 1.807) is 0 Å². The SMILES string of the molecule is Fc1c[c-]ccc1F.[Ni]. The van der Waals surface area contributed by atoms with Crippen molar-refractivity contribution < 1.29 is 25.3 Å². The molecule has 0 atom stereocenters. The molecule has 0 radical (unpaired) electrons. The molecule has 1 aromatic rings. The van der Waals surface area contributed by atoms with E-state index in [-0.39, 0.29) is 16.5 Å². The van der Waals surface area contributed by atoms with Crippen molar-refractivity contribution in [2.45, 2.75) is 0 Å². The molecule has 0 unspecified atom stereocenters. The van der Waals surface area contributed by atoms with Crippen LogP contribution >= 0.6 is 0 Å². The minimum Gasteiger partial charge on any atom is -0.281 e. The summed E-state index contributed by atoms with van der Waals surface area (Å²) in [6.07, 6.45) is 0. The Bertz CT molecular complexity index is 167. The molecular weight excluding hydrogens is 169 g/mol. The zero-order chi connectivity index (χ0) is 5.98. The van der Waals surface area contributed by atoms with E-state index < -0.39 is 11.6 Å². The van der Waals surface area contributed by atoms with Crippen molar-refractivity contribution in [2.75, 3.05) is 0 Å². The van der Waals surface area contributed by atoms with E-state index in [1.165, 1.54) is 6.07 Å². The molecule has 0 amide bonds. The van der Waals surface area contributed by atoms with Crippen LogP contribution in [0.15, 0.2) is 18.2 Å². The van der Waals surface area contributed by atoms with E-state index in [0.29, 0.717) is 0 Å². The molecule has 1 rings (SSSR count). The molecule has 0 aliphatic rings. The fourth-order valence-electron chi connectivity index (χ4n) is 0.391. The zero-order valence-corrected chi connectivity index (χ0v) is 5.29. The molecule has 0 spiro atoms. The van der Waals surface area contributed by atoms with Gasteiger partial charge in [-0.3, -0.25) is 4.39 Å². The molecule has 9 heavy (non-hydrogen) atoms. The standard InChI is InChI=1S/C6H3F2.Ni/c7-5-3-1-2-4-6(5)8;/h1,3-4H;/q-1;. The summed E-state index contributed by atoms with van der Waals surface area (Å²) in [5.41, 5.74) is 0. The summed E-state index contributed by atoms with van der Waals surface area (Å²) in [4.78, 5) is 0. The van der Waals surface area contributed by atoms with Crippen LogP contribution in [0, 0.1) is 17.7 Å². The average molecular weight is 172 g/mol. The van der Waals surface area contributed by atoms with Crippen LogP contribution in [-0.2, 0) is 16.5 Å². The molecule has 0 N–H and O–H groups in total. The summed E-state index contributed by atoms with van der Waals surface area (Å²) in [6.45, 7) is 0. The number of hydrogen-bond donors (Lipinski definition) is 0. The maximum atomic E-state index is 11.9. The molecule has 0 heterocycles. The number of benzene rings is 1. The molecule has 0 nitrogen and oxygen atoms in total. The third-order valence-corrected chi connectivity index (χ3v) is 0.764. The minimum atomic E-state index is -0.854. The van der Waals surface area contributed by atoms with Gasteiger partial charge in [0.1, 0.15) is 0 Å². The molecule has 0 aromatic heterocycles. The fraction of sp³-hybridized carbons (Fsp3) is 0. The van der Waals surface area contributed by atoms with Crippen molar-refractivity contribution in [3.8, 4) is 0 Å². The molecule has 0 aliphatic heterocycles. The van der Waals surface area contributed by atoms with E-state index in [2.05, 4.69) is 6.07 Å². The zero-order valence-electron chi connectivity index (χ0n) is 4.30. The summed E-state index contributed by atoms with van der Waals surface area (Å²) >= 11 is 0. The van der Waals surface area contributed by atoms with Crippen molar-refractivity contribution in [2.24, 2.45) is 0 Å². The largest absolute Gasteiger partial charge is 0.281 e. The Labute approximate surface area is 61.8 Å². The monoisotopic (exact) mass is 171 g/mol. The van der Waals surface area contributed by atoms with Crippen molar-refractivity contribution >= 4 is 0 Å². The van der Waals surface area contributed by atoms with Crippen LogP contribution in [0.3, 0.4) is 0 Å². The molecule has 0 bridgehead atoms. The van der Waals surface area contributed by atoms with Crippen LogP contribution in [0.5, 0.6) is 0 Å². The maximum absolute atomic E-state index is 11.9. The first kappa shape index (κ1) is 8.57. The summed E-state index contributed by atoms with van der Waals surface area (Å²) in [5.74, 6) is -1.68. The van der Waals surface area contributed by atoms with Gasteiger partial charge >= 0.3 is 0 Å². The van der Waals surface area contributed by atoms with Gasteiger partial charge in [0.2, 0.25) is 0 Å². The Morgan fingerprint density at radius 1 is 1.22 bits per heavy atom. The first-order valence-electron chi connectivity index (χ1n) is 2.12. The van der Waals surface area contributed by atoms with Crippen LogP contribution in [0.4, 0.5) is 8.78 Å². The van der Waals surface area contributed by atoms with E-state index in [0.717, 1.165) is 12.1 Å². The van der Waals surface area contributed by atoms with Gasteiger partial charge in [0.05, 0.1) is 0 Å². The molecule has 52 valence electrons. The van der Waals surface area contributed by atoms with Crippen LogP contribution in [0.2, 0.25) is 0 Å². The van der Waals surface area contributed by atoms with Crippen LogP contribution < -0.4 is 0 Å². The Balaban J connectivity index is 0.000000640. The molecule has 0 saturated carbocycles. The Morgan fingerprint density at radius 2 is 1.89 bits per heavy atom. The van der Waals surface area contributed by atoms with Gasteiger partial charge in [0, 0.05) is 28.1 Å². The first-order valence-corrected chi connectivity index (χ1v) is 2.12. The van der Waals surface area contributed by atoms with Crippen molar-refractivity contribution in [3.63, 3.8) is 0 Å². The van der Waals surface area contributed by atoms with Crippen molar-refractivity contribution in [3.05, 3.63) is 35.9 Å². The number of rotatable bonds is 0. The van der Waals surface area contributed by atoms with Gasteiger partial charge in [-0.2, -0.15) is 12.1 Å². The van der Waals surface area contributed by atoms with Crippen LogP contribution in [-0.4, -0.2) is 0 Å². The molecule has 3 heteroatoms. The van der Waals surface area contributed by atoms with E-state index in [1.807, 2.05) is 0 Å². The summed E-state index contributed by atoms with van der Waals surface area (Å²) in [6, 6.07) is 5.68. The smallest absolute Gasteiger partial charge is 0.0494 e. The predicted octanol–water partition coefficient (Wildman–Crippen LogP) is 1.76. The second-order valence-corrected chi connectivity index (χ2v) is 1.34. The number of hydrogen-bond acceptors (Lipinski definition) is 0. The van der Waals surface area contributed by atoms with Crippen molar-refractivity contribution in [1.82, 2.24) is 0 Å². The second-order valence-electron chi connectivity index (χ2n) is 1.34. The van der Waals surface area contributed by atoms with E-state index in [9.17, 15) is 8.78 Å². The van der Waals surface area contributed by atoms with Crippen LogP contribution in [0.25, 0.3) is 0 Å². The van der Waals surface area contributed by atoms with Gasteiger partial charge in [0.15, 0.2) is 0 Å².